The lowest BCUT2D eigenvalue weighted by Crippen LogP contribution is -2.44. The minimum absolute atomic E-state index is 0.0241. The molecule has 1 fully saturated rings. The van der Waals surface area contributed by atoms with E-state index in [0.29, 0.717) is 43.4 Å². The molecule has 0 radical (unpaired) electrons. The van der Waals surface area contributed by atoms with E-state index in [9.17, 15) is 9.59 Å². The van der Waals surface area contributed by atoms with Gasteiger partial charge in [-0.2, -0.15) is 0 Å². The molecule has 0 bridgehead atoms. The summed E-state index contributed by atoms with van der Waals surface area (Å²) in [6.45, 7) is 3.39. The smallest absolute Gasteiger partial charge is 0.258 e. The first-order chi connectivity index (χ1) is 15.1. The highest BCUT2D eigenvalue weighted by Gasteiger charge is 2.23. The summed E-state index contributed by atoms with van der Waals surface area (Å²) >= 11 is 6.04. The average Bonchev–Trinajstić information content (AvgIpc) is 2.79. The Morgan fingerprint density at radius 3 is 2.71 bits per heavy atom. The van der Waals surface area contributed by atoms with Gasteiger partial charge in [-0.3, -0.25) is 14.5 Å². The molecule has 0 aliphatic carbocycles. The second-order valence-electron chi connectivity index (χ2n) is 7.68. The van der Waals surface area contributed by atoms with E-state index in [1.807, 2.05) is 36.4 Å². The number of morpholine rings is 1. The summed E-state index contributed by atoms with van der Waals surface area (Å²) in [5.74, 6) is 0.460. The number of amides is 2. The first kappa shape index (κ1) is 21.6. The van der Waals surface area contributed by atoms with E-state index in [1.54, 1.807) is 6.07 Å². The predicted octanol–water partition coefficient (Wildman–Crippen LogP) is 2.79. The second-order valence-corrected chi connectivity index (χ2v) is 8.11. The van der Waals surface area contributed by atoms with Gasteiger partial charge in [0.2, 0.25) is 5.91 Å². The van der Waals surface area contributed by atoms with Gasteiger partial charge in [0.05, 0.1) is 19.3 Å². The topological polar surface area (TPSA) is 79.9 Å². The van der Waals surface area contributed by atoms with E-state index in [4.69, 9.17) is 21.1 Å². The fraction of sp³-hybridized carbons (Fsp3) is 0.391. The van der Waals surface area contributed by atoms with Crippen molar-refractivity contribution in [1.29, 1.82) is 0 Å². The molecular formula is C23H26ClN3O4. The Morgan fingerprint density at radius 2 is 1.94 bits per heavy atom. The van der Waals surface area contributed by atoms with Gasteiger partial charge in [-0.1, -0.05) is 23.7 Å². The summed E-state index contributed by atoms with van der Waals surface area (Å²) in [5.41, 5.74) is 2.93. The molecule has 31 heavy (non-hydrogen) atoms. The Kier molecular flexibility index (Phi) is 7.06. The summed E-state index contributed by atoms with van der Waals surface area (Å²) in [4.78, 5) is 26.2. The van der Waals surface area contributed by atoms with Gasteiger partial charge in [-0.05, 0) is 47.9 Å². The fourth-order valence-corrected chi connectivity index (χ4v) is 4.02. The van der Waals surface area contributed by atoms with Gasteiger partial charge in [-0.15, -0.1) is 0 Å². The fourth-order valence-electron chi connectivity index (χ4n) is 3.89. The van der Waals surface area contributed by atoms with Crippen molar-refractivity contribution in [3.05, 3.63) is 58.6 Å². The van der Waals surface area contributed by atoms with Crippen LogP contribution in [0.4, 0.5) is 5.69 Å². The van der Waals surface area contributed by atoms with Crippen LogP contribution in [0.5, 0.6) is 5.75 Å². The van der Waals surface area contributed by atoms with Crippen molar-refractivity contribution in [3.63, 3.8) is 0 Å². The van der Waals surface area contributed by atoms with Crippen molar-refractivity contribution >= 4 is 29.1 Å². The van der Waals surface area contributed by atoms with Crippen molar-refractivity contribution in [3.8, 4) is 5.75 Å². The van der Waals surface area contributed by atoms with Gasteiger partial charge < -0.3 is 20.1 Å². The monoisotopic (exact) mass is 443 g/mol. The highest BCUT2D eigenvalue weighted by Crippen LogP contribution is 2.27. The number of aryl methyl sites for hydroxylation is 1. The highest BCUT2D eigenvalue weighted by molar-refractivity contribution is 6.30. The molecule has 2 aliphatic heterocycles. The van der Waals surface area contributed by atoms with E-state index < -0.39 is 0 Å². The standard InChI is InChI=1S/C23H26ClN3O4/c24-18-4-1-16(2-5-18)21(27-9-11-30-12-10-27)14-25-23(29)15-31-19-6-7-20-17(13-19)3-8-22(28)26-20/h1-2,4-7,13,21H,3,8-12,14-15H2,(H,25,29)(H,26,28). The van der Waals surface area contributed by atoms with Gasteiger partial charge in [0, 0.05) is 36.8 Å². The van der Waals surface area contributed by atoms with Crippen LogP contribution >= 0.6 is 11.6 Å². The van der Waals surface area contributed by atoms with Gasteiger partial charge in [0.25, 0.3) is 5.91 Å². The third-order valence-corrected chi connectivity index (χ3v) is 5.83. The Morgan fingerprint density at radius 1 is 1.16 bits per heavy atom. The van der Waals surface area contributed by atoms with Crippen molar-refractivity contribution in [1.82, 2.24) is 10.2 Å². The average molecular weight is 444 g/mol. The number of nitrogens with zero attached hydrogens (tertiary/aromatic N) is 1. The molecule has 2 amide bonds. The Hall–Kier alpha value is -2.61. The van der Waals surface area contributed by atoms with Crippen LogP contribution in [-0.4, -0.2) is 56.2 Å². The maximum atomic E-state index is 12.5. The third kappa shape index (κ3) is 5.76. The lowest BCUT2D eigenvalue weighted by molar-refractivity contribution is -0.123. The lowest BCUT2D eigenvalue weighted by atomic mass is 10.0. The number of halogens is 1. The Balaban J connectivity index is 1.33. The SMILES string of the molecule is O=C(COc1ccc2c(c1)CCC(=O)N2)NCC(c1ccc(Cl)cc1)N1CCOCC1. The van der Waals surface area contributed by atoms with Crippen LogP contribution in [0.15, 0.2) is 42.5 Å². The van der Waals surface area contributed by atoms with Crippen LogP contribution < -0.4 is 15.4 Å². The number of nitrogens with one attached hydrogen (secondary N) is 2. The number of carbonyl (C=O) groups excluding carboxylic acids is 2. The number of anilines is 1. The minimum atomic E-state index is -0.182. The van der Waals surface area contributed by atoms with Crippen LogP contribution in [0, 0.1) is 0 Å². The number of rotatable bonds is 7. The quantitative estimate of drug-likeness (QED) is 0.687. The summed E-state index contributed by atoms with van der Waals surface area (Å²) in [7, 11) is 0. The maximum absolute atomic E-state index is 12.5. The van der Waals surface area contributed by atoms with Gasteiger partial charge >= 0.3 is 0 Å². The molecule has 2 N–H and O–H groups in total. The molecule has 0 saturated carbocycles. The summed E-state index contributed by atoms with van der Waals surface area (Å²) in [6.07, 6.45) is 1.14. The normalized spacial score (nSPS) is 17.4. The maximum Gasteiger partial charge on any atom is 0.258 e. The predicted molar refractivity (Wildman–Crippen MR) is 118 cm³/mol. The van der Waals surface area contributed by atoms with Gasteiger partial charge in [0.15, 0.2) is 6.61 Å². The molecule has 2 aliphatic rings. The second kappa shape index (κ2) is 10.1. The largest absolute Gasteiger partial charge is 0.484 e. The zero-order chi connectivity index (χ0) is 21.6. The van der Waals surface area contributed by atoms with Gasteiger partial charge in [-0.25, -0.2) is 0 Å². The Labute approximate surface area is 186 Å². The van der Waals surface area contributed by atoms with E-state index in [0.717, 1.165) is 29.9 Å². The van der Waals surface area contributed by atoms with Crippen LogP contribution in [0.25, 0.3) is 0 Å². The minimum Gasteiger partial charge on any atom is -0.484 e. The first-order valence-corrected chi connectivity index (χ1v) is 10.9. The summed E-state index contributed by atoms with van der Waals surface area (Å²) in [6, 6.07) is 13.2. The van der Waals surface area contributed by atoms with E-state index in [2.05, 4.69) is 15.5 Å². The molecule has 0 spiro atoms. The van der Waals surface area contributed by atoms with Crippen molar-refractivity contribution in [2.45, 2.75) is 18.9 Å². The number of carbonyl (C=O) groups is 2. The number of ether oxygens (including phenoxy) is 2. The van der Waals surface area contributed by atoms with E-state index >= 15 is 0 Å². The Bertz CT molecular complexity index is 929. The molecular weight excluding hydrogens is 418 g/mol. The zero-order valence-corrected chi connectivity index (χ0v) is 18.0. The van der Waals surface area contributed by atoms with Crippen LogP contribution in [-0.2, 0) is 20.7 Å². The van der Waals surface area contributed by atoms with Crippen molar-refractivity contribution in [2.75, 3.05) is 44.8 Å². The van der Waals surface area contributed by atoms with Crippen LogP contribution in [0.2, 0.25) is 5.02 Å². The summed E-state index contributed by atoms with van der Waals surface area (Å²) in [5, 5.41) is 6.52. The molecule has 0 aromatic heterocycles. The lowest BCUT2D eigenvalue weighted by Gasteiger charge is -2.35. The molecule has 4 rings (SSSR count). The van der Waals surface area contributed by atoms with E-state index in [1.165, 1.54) is 0 Å². The summed E-state index contributed by atoms with van der Waals surface area (Å²) < 4.78 is 11.2. The molecule has 1 unspecified atom stereocenters. The molecule has 8 heteroatoms. The molecule has 2 aromatic carbocycles. The van der Waals surface area contributed by atoms with E-state index in [-0.39, 0.29) is 24.5 Å². The number of fused-ring (bicyclic) bond motifs is 1. The first-order valence-electron chi connectivity index (χ1n) is 10.5. The van der Waals surface area contributed by atoms with Crippen LogP contribution in [0.1, 0.15) is 23.6 Å². The molecule has 164 valence electrons. The molecule has 2 aromatic rings. The number of hydrogen-bond donors (Lipinski definition) is 2. The van der Waals surface area contributed by atoms with Gasteiger partial charge in [0.1, 0.15) is 5.75 Å². The molecule has 1 saturated heterocycles. The highest BCUT2D eigenvalue weighted by atomic mass is 35.5. The number of benzene rings is 2. The zero-order valence-electron chi connectivity index (χ0n) is 17.2. The van der Waals surface area contributed by atoms with Crippen molar-refractivity contribution in [2.24, 2.45) is 0 Å². The molecule has 2 heterocycles. The van der Waals surface area contributed by atoms with Crippen LogP contribution in [0.3, 0.4) is 0 Å². The molecule has 1 atom stereocenters. The molecule has 7 nitrogen and oxygen atoms in total. The number of hydrogen-bond acceptors (Lipinski definition) is 5. The third-order valence-electron chi connectivity index (χ3n) is 5.58. The van der Waals surface area contributed by atoms with Crippen molar-refractivity contribution < 1.29 is 19.1 Å².